The quantitative estimate of drug-likeness (QED) is 0.319. The number of amides is 2. The first-order valence-electron chi connectivity index (χ1n) is 10.4. The van der Waals surface area contributed by atoms with Gasteiger partial charge in [0.05, 0.1) is 22.9 Å². The molecular weight excluding hydrogens is 438 g/mol. The molecule has 9 heteroatoms. The van der Waals surface area contributed by atoms with Crippen molar-refractivity contribution in [2.24, 2.45) is 0 Å². The Balaban J connectivity index is 1.38. The van der Waals surface area contributed by atoms with Crippen LogP contribution >= 0.6 is 11.3 Å². The molecule has 0 saturated heterocycles. The number of nitrogens with zero attached hydrogens (tertiary/aromatic N) is 2. The van der Waals surface area contributed by atoms with Crippen LogP contribution in [0.3, 0.4) is 0 Å². The molecule has 0 bridgehead atoms. The van der Waals surface area contributed by atoms with Gasteiger partial charge in [0, 0.05) is 6.54 Å². The van der Waals surface area contributed by atoms with Gasteiger partial charge in [0.25, 0.3) is 11.8 Å². The van der Waals surface area contributed by atoms with Crippen LogP contribution in [0.1, 0.15) is 32.1 Å². The lowest BCUT2D eigenvalue weighted by molar-refractivity contribution is 0.0910. The number of aliphatic hydroxyl groups excluding tert-OH is 1. The zero-order valence-corrected chi connectivity index (χ0v) is 18.5. The number of aromatic nitrogens is 2. The monoisotopic (exact) mass is 461 g/mol. The van der Waals surface area contributed by atoms with Crippen molar-refractivity contribution in [1.82, 2.24) is 20.6 Å². The fourth-order valence-corrected chi connectivity index (χ4v) is 4.17. The number of benzene rings is 2. The highest BCUT2D eigenvalue weighted by atomic mass is 32.1. The van der Waals surface area contributed by atoms with Crippen molar-refractivity contribution < 1.29 is 14.7 Å². The van der Waals surface area contributed by atoms with Crippen LogP contribution in [0, 0.1) is 0 Å². The maximum atomic E-state index is 12.7. The van der Waals surface area contributed by atoms with Gasteiger partial charge in [0.2, 0.25) is 0 Å². The Morgan fingerprint density at radius 1 is 0.939 bits per heavy atom. The molecule has 0 fully saturated rings. The molecule has 1 atom stereocenters. The Bertz CT molecular complexity index is 1280. The van der Waals surface area contributed by atoms with Crippen LogP contribution in [0.15, 0.2) is 66.7 Å². The molecule has 168 valence electrons. The van der Waals surface area contributed by atoms with Gasteiger partial charge in [0.1, 0.15) is 11.4 Å². The first kappa shape index (κ1) is 22.4. The zero-order valence-electron chi connectivity index (χ0n) is 17.7. The lowest BCUT2D eigenvalue weighted by Crippen LogP contribution is -2.39. The molecule has 0 saturated carbocycles. The van der Waals surface area contributed by atoms with Crippen LogP contribution in [-0.4, -0.2) is 39.5 Å². The fraction of sp³-hybridized carbons (Fsp3) is 0.167. The smallest absolute Gasteiger partial charge is 0.270 e. The highest BCUT2D eigenvalue weighted by molar-refractivity contribution is 7.22. The van der Waals surface area contributed by atoms with E-state index in [-0.39, 0.29) is 18.0 Å². The average Bonchev–Trinajstić information content (AvgIpc) is 3.22. The number of aliphatic hydroxyl groups is 1. The van der Waals surface area contributed by atoms with Crippen LogP contribution in [0.2, 0.25) is 0 Å². The Morgan fingerprint density at radius 2 is 1.70 bits per heavy atom. The molecule has 4 aromatic rings. The normalized spacial score (nSPS) is 11.8. The number of carbonyl (C=O) groups is 2. The van der Waals surface area contributed by atoms with E-state index < -0.39 is 17.9 Å². The molecule has 33 heavy (non-hydrogen) atoms. The summed E-state index contributed by atoms with van der Waals surface area (Å²) in [5.74, 6) is -0.843. The van der Waals surface area contributed by atoms with Gasteiger partial charge in [-0.05, 0) is 41.8 Å². The van der Waals surface area contributed by atoms with E-state index in [0.717, 1.165) is 21.3 Å². The summed E-state index contributed by atoms with van der Waals surface area (Å²) in [4.78, 5) is 33.7. The number of fused-ring (bicyclic) bond motifs is 1. The van der Waals surface area contributed by atoms with E-state index in [2.05, 4.69) is 20.6 Å². The van der Waals surface area contributed by atoms with Crippen molar-refractivity contribution in [2.75, 3.05) is 12.3 Å². The summed E-state index contributed by atoms with van der Waals surface area (Å²) in [5.41, 5.74) is 8.70. The van der Waals surface area contributed by atoms with Crippen LogP contribution in [0.4, 0.5) is 5.13 Å². The standard InChI is InChI=1S/C24H23N5O3S/c25-24-29-18-10-9-16(12-21(18)33-24)13-26-22(31)19-7-4-8-20(28-19)23(32)27-17(14-30)11-15-5-2-1-3-6-15/h1-10,12,17,30H,11,13-14H2,(H2,25,29)(H,26,31)(H,27,32). The molecule has 5 N–H and O–H groups in total. The van der Waals surface area contributed by atoms with Crippen molar-refractivity contribution in [3.8, 4) is 0 Å². The van der Waals surface area contributed by atoms with Gasteiger partial charge in [-0.2, -0.15) is 0 Å². The second-order valence-electron chi connectivity index (χ2n) is 7.49. The zero-order chi connectivity index (χ0) is 23.2. The molecule has 2 aromatic carbocycles. The third-order valence-corrected chi connectivity index (χ3v) is 5.86. The van der Waals surface area contributed by atoms with Crippen molar-refractivity contribution in [1.29, 1.82) is 0 Å². The van der Waals surface area contributed by atoms with E-state index in [4.69, 9.17) is 5.73 Å². The molecule has 0 aliphatic rings. The number of pyridine rings is 1. The van der Waals surface area contributed by atoms with Gasteiger partial charge in [0.15, 0.2) is 5.13 Å². The van der Waals surface area contributed by atoms with Crippen molar-refractivity contribution >= 4 is 38.5 Å². The van der Waals surface area contributed by atoms with E-state index in [0.29, 0.717) is 18.1 Å². The molecule has 0 spiro atoms. The number of nitrogen functional groups attached to an aromatic ring is 1. The Morgan fingerprint density at radius 3 is 2.45 bits per heavy atom. The minimum absolute atomic E-state index is 0.107. The van der Waals surface area contributed by atoms with E-state index in [1.807, 2.05) is 48.5 Å². The van der Waals surface area contributed by atoms with Crippen LogP contribution in [0.25, 0.3) is 10.2 Å². The number of hydrogen-bond acceptors (Lipinski definition) is 7. The largest absolute Gasteiger partial charge is 0.394 e. The molecule has 4 rings (SSSR count). The van der Waals surface area contributed by atoms with E-state index in [1.54, 1.807) is 12.1 Å². The number of rotatable bonds is 8. The topological polar surface area (TPSA) is 130 Å². The first-order valence-corrected chi connectivity index (χ1v) is 11.2. The molecule has 2 amide bonds. The van der Waals surface area contributed by atoms with E-state index in [1.165, 1.54) is 17.4 Å². The van der Waals surface area contributed by atoms with E-state index in [9.17, 15) is 14.7 Å². The number of nitrogens with two attached hydrogens (primary N) is 1. The van der Waals surface area contributed by atoms with Gasteiger partial charge in [-0.1, -0.05) is 53.8 Å². The Kier molecular flexibility index (Phi) is 6.92. The van der Waals surface area contributed by atoms with Gasteiger partial charge in [-0.3, -0.25) is 9.59 Å². The maximum Gasteiger partial charge on any atom is 0.270 e. The molecule has 8 nitrogen and oxygen atoms in total. The summed E-state index contributed by atoms with van der Waals surface area (Å²) in [5, 5.41) is 15.8. The summed E-state index contributed by atoms with van der Waals surface area (Å²) in [6, 6.07) is 19.5. The summed E-state index contributed by atoms with van der Waals surface area (Å²) in [6.07, 6.45) is 0.485. The number of thiazole rings is 1. The third kappa shape index (κ3) is 5.71. The lowest BCUT2D eigenvalue weighted by Gasteiger charge is -2.16. The first-order chi connectivity index (χ1) is 16.0. The molecule has 1 unspecified atom stereocenters. The summed E-state index contributed by atoms with van der Waals surface area (Å²) in [6.45, 7) is 0.0882. The third-order valence-electron chi connectivity index (χ3n) is 5.02. The Labute approximate surface area is 194 Å². The SMILES string of the molecule is Nc1nc2ccc(CNC(=O)c3cccc(C(=O)NC(CO)Cc4ccccc4)n3)cc2s1. The highest BCUT2D eigenvalue weighted by Crippen LogP contribution is 2.24. The predicted molar refractivity (Wildman–Crippen MR) is 128 cm³/mol. The van der Waals surface area contributed by atoms with Crippen molar-refractivity contribution in [3.63, 3.8) is 0 Å². The van der Waals surface area contributed by atoms with Gasteiger partial charge >= 0.3 is 0 Å². The lowest BCUT2D eigenvalue weighted by atomic mass is 10.1. The number of nitrogens with one attached hydrogen (secondary N) is 2. The van der Waals surface area contributed by atoms with Crippen LogP contribution in [-0.2, 0) is 13.0 Å². The molecule has 2 aromatic heterocycles. The highest BCUT2D eigenvalue weighted by Gasteiger charge is 2.17. The van der Waals surface area contributed by atoms with Gasteiger partial charge in [-0.25, -0.2) is 9.97 Å². The molecule has 0 aliphatic heterocycles. The maximum absolute atomic E-state index is 12.7. The molecule has 0 radical (unpaired) electrons. The molecular formula is C24H23N5O3S. The molecule has 0 aliphatic carbocycles. The summed E-state index contributed by atoms with van der Waals surface area (Å²) < 4.78 is 0.949. The van der Waals surface area contributed by atoms with E-state index >= 15 is 0 Å². The van der Waals surface area contributed by atoms with Crippen molar-refractivity contribution in [3.05, 3.63) is 89.2 Å². The number of hydrogen-bond donors (Lipinski definition) is 4. The number of anilines is 1. The minimum Gasteiger partial charge on any atom is -0.394 e. The second-order valence-corrected chi connectivity index (χ2v) is 8.55. The van der Waals surface area contributed by atoms with Gasteiger partial charge < -0.3 is 21.5 Å². The summed E-state index contributed by atoms with van der Waals surface area (Å²) >= 11 is 1.39. The average molecular weight is 462 g/mol. The second kappa shape index (κ2) is 10.2. The summed E-state index contributed by atoms with van der Waals surface area (Å²) in [7, 11) is 0. The Hall–Kier alpha value is -3.82. The van der Waals surface area contributed by atoms with Gasteiger partial charge in [-0.15, -0.1) is 0 Å². The predicted octanol–water partition coefficient (Wildman–Crippen LogP) is 2.54. The minimum atomic E-state index is -0.463. The van der Waals surface area contributed by atoms with Crippen LogP contribution < -0.4 is 16.4 Å². The fourth-order valence-electron chi connectivity index (χ4n) is 3.38. The molecule has 2 heterocycles. The van der Waals surface area contributed by atoms with Crippen LogP contribution in [0.5, 0.6) is 0 Å². The number of carbonyl (C=O) groups excluding carboxylic acids is 2. The van der Waals surface area contributed by atoms with Crippen molar-refractivity contribution in [2.45, 2.75) is 19.0 Å².